The second-order valence-corrected chi connectivity index (χ2v) is 4.70. The topological polar surface area (TPSA) is 49.3 Å². The maximum Gasteiger partial charge on any atom is 0.328 e. The number of hydrogen-bond acceptors (Lipinski definition) is 2. The Morgan fingerprint density at radius 3 is 2.47 bits per heavy atom. The lowest BCUT2D eigenvalue weighted by Crippen LogP contribution is -2.54. The fraction of sp³-hybridized carbons (Fsp3) is 0.500. The highest BCUT2D eigenvalue weighted by Crippen LogP contribution is 2.30. The van der Waals surface area contributed by atoms with Crippen LogP contribution in [0.5, 0.6) is 0 Å². The summed E-state index contributed by atoms with van der Waals surface area (Å²) >= 11 is 0. The third kappa shape index (κ3) is 2.20. The zero-order valence-corrected chi connectivity index (χ0v) is 10.1. The smallest absolute Gasteiger partial charge is 0.328 e. The Hall–Kier alpha value is -1.35. The van der Waals surface area contributed by atoms with E-state index in [2.05, 4.69) is 5.32 Å². The van der Waals surface area contributed by atoms with Gasteiger partial charge < -0.3 is 5.11 Å². The van der Waals surface area contributed by atoms with Gasteiger partial charge in [-0.25, -0.2) is 4.79 Å². The first-order valence-electron chi connectivity index (χ1n) is 6.25. The van der Waals surface area contributed by atoms with E-state index in [1.165, 1.54) is 6.42 Å². The number of rotatable bonds is 5. The Balaban J connectivity index is 2.31. The normalized spacial score (nSPS) is 19.4. The van der Waals surface area contributed by atoms with Crippen LogP contribution >= 0.6 is 0 Å². The molecule has 17 heavy (non-hydrogen) atoms. The Morgan fingerprint density at radius 1 is 1.41 bits per heavy atom. The summed E-state index contributed by atoms with van der Waals surface area (Å²) < 4.78 is 0. The van der Waals surface area contributed by atoms with E-state index >= 15 is 0 Å². The first-order chi connectivity index (χ1) is 8.19. The Bertz CT molecular complexity index is 386. The van der Waals surface area contributed by atoms with Gasteiger partial charge >= 0.3 is 5.97 Å². The minimum Gasteiger partial charge on any atom is -0.480 e. The molecule has 0 saturated heterocycles. The summed E-state index contributed by atoms with van der Waals surface area (Å²) in [5.74, 6) is -0.780. The summed E-state index contributed by atoms with van der Waals surface area (Å²) in [7, 11) is 0. The highest BCUT2D eigenvalue weighted by atomic mass is 16.4. The quantitative estimate of drug-likeness (QED) is 0.821. The van der Waals surface area contributed by atoms with Crippen molar-refractivity contribution in [3.8, 4) is 0 Å². The van der Waals surface area contributed by atoms with Gasteiger partial charge in [0.25, 0.3) is 0 Å². The highest BCUT2D eigenvalue weighted by Gasteiger charge is 2.41. The Labute approximate surface area is 102 Å². The van der Waals surface area contributed by atoms with E-state index < -0.39 is 11.5 Å². The molecule has 1 aromatic rings. The second-order valence-electron chi connectivity index (χ2n) is 4.70. The molecule has 1 aliphatic carbocycles. The zero-order chi connectivity index (χ0) is 12.3. The van der Waals surface area contributed by atoms with Crippen LogP contribution in [-0.2, 0) is 10.3 Å². The maximum absolute atomic E-state index is 11.7. The van der Waals surface area contributed by atoms with E-state index in [-0.39, 0.29) is 0 Å². The van der Waals surface area contributed by atoms with Gasteiger partial charge in [-0.05, 0) is 24.8 Å². The molecule has 1 aliphatic rings. The first kappa shape index (κ1) is 12.1. The number of aliphatic carboxylic acids is 1. The summed E-state index contributed by atoms with van der Waals surface area (Å²) in [5, 5.41) is 12.9. The van der Waals surface area contributed by atoms with Crippen LogP contribution in [0.4, 0.5) is 0 Å². The number of carbonyl (C=O) groups is 1. The minimum atomic E-state index is -0.924. The number of benzene rings is 1. The van der Waals surface area contributed by atoms with Crippen LogP contribution in [0.25, 0.3) is 0 Å². The van der Waals surface area contributed by atoms with E-state index in [1.807, 2.05) is 37.3 Å². The van der Waals surface area contributed by atoms with Gasteiger partial charge in [0.15, 0.2) is 0 Å². The van der Waals surface area contributed by atoms with Crippen molar-refractivity contribution < 1.29 is 9.90 Å². The Morgan fingerprint density at radius 2 is 2.06 bits per heavy atom. The van der Waals surface area contributed by atoms with E-state index in [1.54, 1.807) is 0 Å². The molecule has 0 spiro atoms. The molecule has 0 bridgehead atoms. The van der Waals surface area contributed by atoms with Gasteiger partial charge in [-0.2, -0.15) is 0 Å². The van der Waals surface area contributed by atoms with Crippen LogP contribution in [0.2, 0.25) is 0 Å². The van der Waals surface area contributed by atoms with Gasteiger partial charge in [-0.15, -0.1) is 0 Å². The van der Waals surface area contributed by atoms with Crippen LogP contribution < -0.4 is 5.32 Å². The molecule has 0 radical (unpaired) electrons. The summed E-state index contributed by atoms with van der Waals surface area (Å²) in [6, 6.07) is 9.84. The summed E-state index contributed by atoms with van der Waals surface area (Å²) in [4.78, 5) is 11.7. The monoisotopic (exact) mass is 233 g/mol. The second kappa shape index (κ2) is 4.88. The van der Waals surface area contributed by atoms with Crippen molar-refractivity contribution in [3.05, 3.63) is 35.9 Å². The predicted molar refractivity (Wildman–Crippen MR) is 66.8 cm³/mol. The van der Waals surface area contributed by atoms with Gasteiger partial charge in [0, 0.05) is 6.04 Å². The van der Waals surface area contributed by atoms with Crippen LogP contribution in [0, 0.1) is 0 Å². The Kier molecular flexibility index (Phi) is 3.48. The van der Waals surface area contributed by atoms with Crippen molar-refractivity contribution in [2.24, 2.45) is 0 Å². The number of hydrogen-bond donors (Lipinski definition) is 2. The highest BCUT2D eigenvalue weighted by molar-refractivity contribution is 5.80. The lowest BCUT2D eigenvalue weighted by atomic mass is 9.83. The van der Waals surface area contributed by atoms with Crippen LogP contribution in [-0.4, -0.2) is 17.1 Å². The van der Waals surface area contributed by atoms with Crippen molar-refractivity contribution in [1.29, 1.82) is 0 Å². The lowest BCUT2D eigenvalue weighted by Gasteiger charge is -2.38. The van der Waals surface area contributed by atoms with Crippen molar-refractivity contribution in [1.82, 2.24) is 5.32 Å². The molecule has 1 aromatic carbocycles. The molecule has 1 atom stereocenters. The van der Waals surface area contributed by atoms with Gasteiger partial charge in [-0.3, -0.25) is 5.32 Å². The molecule has 2 rings (SSSR count). The van der Waals surface area contributed by atoms with Crippen molar-refractivity contribution in [2.45, 2.75) is 44.2 Å². The molecule has 3 heteroatoms. The largest absolute Gasteiger partial charge is 0.480 e. The third-order valence-electron chi connectivity index (χ3n) is 3.72. The molecule has 92 valence electrons. The molecular formula is C14H19NO2. The predicted octanol–water partition coefficient (Wildman–Crippen LogP) is 2.52. The first-order valence-corrected chi connectivity index (χ1v) is 6.25. The molecule has 3 nitrogen and oxygen atoms in total. The van der Waals surface area contributed by atoms with E-state index in [0.717, 1.165) is 18.4 Å². The number of carboxylic acid groups (broad SMARTS) is 1. The molecule has 0 aliphatic heterocycles. The SMILES string of the molecule is CCC(NC1CCC1)(C(=O)O)c1ccccc1. The van der Waals surface area contributed by atoms with Crippen molar-refractivity contribution in [3.63, 3.8) is 0 Å². The van der Waals surface area contributed by atoms with Gasteiger partial charge in [-0.1, -0.05) is 43.7 Å². The van der Waals surface area contributed by atoms with E-state index in [9.17, 15) is 9.90 Å². The van der Waals surface area contributed by atoms with Crippen molar-refractivity contribution >= 4 is 5.97 Å². The zero-order valence-electron chi connectivity index (χ0n) is 10.1. The summed E-state index contributed by atoms with van der Waals surface area (Å²) in [6.45, 7) is 1.92. The van der Waals surface area contributed by atoms with Gasteiger partial charge in [0.1, 0.15) is 5.54 Å². The molecule has 0 aromatic heterocycles. The van der Waals surface area contributed by atoms with Crippen molar-refractivity contribution in [2.75, 3.05) is 0 Å². The van der Waals surface area contributed by atoms with Crippen LogP contribution in [0.1, 0.15) is 38.2 Å². The average Bonchev–Trinajstić information content (AvgIpc) is 2.29. The fourth-order valence-corrected chi connectivity index (χ4v) is 2.35. The maximum atomic E-state index is 11.7. The molecule has 0 amide bonds. The minimum absolute atomic E-state index is 0.353. The van der Waals surface area contributed by atoms with Crippen LogP contribution in [0.3, 0.4) is 0 Å². The van der Waals surface area contributed by atoms with Gasteiger partial charge in [0.05, 0.1) is 0 Å². The third-order valence-corrected chi connectivity index (χ3v) is 3.72. The molecule has 0 heterocycles. The van der Waals surface area contributed by atoms with E-state index in [4.69, 9.17) is 0 Å². The fourth-order valence-electron chi connectivity index (χ4n) is 2.35. The molecule has 1 unspecified atom stereocenters. The number of nitrogens with one attached hydrogen (secondary N) is 1. The molecular weight excluding hydrogens is 214 g/mol. The van der Waals surface area contributed by atoms with Crippen LogP contribution in [0.15, 0.2) is 30.3 Å². The summed E-state index contributed by atoms with van der Waals surface area (Å²) in [6.07, 6.45) is 3.93. The standard InChI is InChI=1S/C14H19NO2/c1-2-14(13(16)17,15-12-9-6-10-12)11-7-4-3-5-8-11/h3-5,7-8,12,15H,2,6,9-10H2,1H3,(H,16,17). The molecule has 1 saturated carbocycles. The summed E-state index contributed by atoms with van der Waals surface area (Å²) in [5.41, 5.74) is -0.0753. The average molecular weight is 233 g/mol. The van der Waals surface area contributed by atoms with E-state index in [0.29, 0.717) is 12.5 Å². The lowest BCUT2D eigenvalue weighted by molar-refractivity contribution is -0.146. The van der Waals surface area contributed by atoms with Gasteiger partial charge in [0.2, 0.25) is 0 Å². The molecule has 2 N–H and O–H groups in total. The molecule has 1 fully saturated rings. The number of carboxylic acids is 1.